The number of hydrogen-bond donors (Lipinski definition) is 2. The van der Waals surface area contributed by atoms with Crippen molar-refractivity contribution in [2.24, 2.45) is 0 Å². The van der Waals surface area contributed by atoms with E-state index < -0.39 is 0 Å². The van der Waals surface area contributed by atoms with E-state index in [1.165, 1.54) is 0 Å². The molecule has 1 aromatic heterocycles. The zero-order chi connectivity index (χ0) is 13.1. The highest BCUT2D eigenvalue weighted by Gasteiger charge is 2.26. The number of nitrogens with one attached hydrogen (secondary N) is 2. The Kier molecular flexibility index (Phi) is 4.01. The number of nitrogens with zero attached hydrogens (tertiary/aromatic N) is 2. The second kappa shape index (κ2) is 5.52. The maximum Gasteiger partial charge on any atom is 0.243 e. The first-order valence-corrected chi connectivity index (χ1v) is 6.62. The van der Waals surface area contributed by atoms with Crippen LogP contribution in [0.4, 0.5) is 0 Å². The summed E-state index contributed by atoms with van der Waals surface area (Å²) in [6.45, 7) is 6.85. The van der Waals surface area contributed by atoms with Gasteiger partial charge in [-0.05, 0) is 19.8 Å². The molecule has 1 saturated carbocycles. The molecule has 100 valence electrons. The van der Waals surface area contributed by atoms with Gasteiger partial charge in [-0.3, -0.25) is 4.79 Å². The summed E-state index contributed by atoms with van der Waals surface area (Å²) in [5.41, 5.74) is 1.04. The predicted octanol–water partition coefficient (Wildman–Crippen LogP) is 1.22. The van der Waals surface area contributed by atoms with Crippen molar-refractivity contribution in [3.8, 4) is 0 Å². The molecule has 18 heavy (non-hydrogen) atoms. The summed E-state index contributed by atoms with van der Waals surface area (Å²) in [5, 5.41) is 6.37. The van der Waals surface area contributed by atoms with Gasteiger partial charge in [0, 0.05) is 24.8 Å². The molecule has 0 saturated heterocycles. The lowest BCUT2D eigenvalue weighted by atomic mass is 10.2. The van der Waals surface area contributed by atoms with Gasteiger partial charge in [0.25, 0.3) is 0 Å². The Morgan fingerprint density at radius 2 is 2.22 bits per heavy atom. The number of amides is 1. The Morgan fingerprint density at radius 3 is 2.83 bits per heavy atom. The average molecular weight is 250 g/mol. The van der Waals surface area contributed by atoms with Crippen LogP contribution in [0.1, 0.15) is 45.3 Å². The van der Waals surface area contributed by atoms with Crippen molar-refractivity contribution in [1.29, 1.82) is 0 Å². The normalized spacial score (nSPS) is 16.9. The Hall–Kier alpha value is -1.36. The summed E-state index contributed by atoms with van der Waals surface area (Å²) in [6, 6.07) is 0.627. The number of aromatic nitrogens is 2. The van der Waals surface area contributed by atoms with Crippen molar-refractivity contribution >= 4 is 5.91 Å². The second-order valence-corrected chi connectivity index (χ2v) is 5.29. The summed E-state index contributed by atoms with van der Waals surface area (Å²) in [6.07, 6.45) is 5.78. The molecular formula is C13H22N4O. The molecule has 2 rings (SSSR count). The van der Waals surface area contributed by atoms with Gasteiger partial charge in [0.05, 0.1) is 12.0 Å². The molecule has 1 aromatic rings. The number of carbonyl (C=O) groups is 1. The first-order valence-electron chi connectivity index (χ1n) is 6.62. The van der Waals surface area contributed by atoms with E-state index in [2.05, 4.69) is 29.5 Å². The summed E-state index contributed by atoms with van der Waals surface area (Å²) >= 11 is 0. The molecule has 0 aromatic carbocycles. The lowest BCUT2D eigenvalue weighted by Gasteiger charge is -2.17. The molecule has 5 nitrogen and oxygen atoms in total. The van der Waals surface area contributed by atoms with Crippen LogP contribution >= 0.6 is 0 Å². The lowest BCUT2D eigenvalue weighted by Crippen LogP contribution is -2.33. The first-order chi connectivity index (χ1) is 8.58. The summed E-state index contributed by atoms with van der Waals surface area (Å²) in [4.78, 5) is 16.1. The zero-order valence-corrected chi connectivity index (χ0v) is 11.3. The Balaban J connectivity index is 1.97. The molecule has 1 aliphatic rings. The molecule has 1 aliphatic carbocycles. The van der Waals surface area contributed by atoms with E-state index in [0.717, 1.165) is 25.1 Å². The third-order valence-electron chi connectivity index (χ3n) is 3.16. The molecule has 1 heterocycles. The van der Waals surface area contributed by atoms with Crippen molar-refractivity contribution in [2.75, 3.05) is 0 Å². The number of rotatable bonds is 6. The molecule has 0 spiro atoms. The van der Waals surface area contributed by atoms with E-state index in [1.54, 1.807) is 6.33 Å². The highest BCUT2D eigenvalue weighted by atomic mass is 16.2. The van der Waals surface area contributed by atoms with E-state index in [0.29, 0.717) is 12.1 Å². The third kappa shape index (κ3) is 3.32. The van der Waals surface area contributed by atoms with Crippen LogP contribution in [-0.4, -0.2) is 27.5 Å². The summed E-state index contributed by atoms with van der Waals surface area (Å²) in [5.74, 6) is 0.0845. The Bertz CT molecular complexity index is 409. The zero-order valence-electron chi connectivity index (χ0n) is 11.3. The van der Waals surface area contributed by atoms with E-state index in [9.17, 15) is 4.79 Å². The monoisotopic (exact) mass is 250 g/mol. The van der Waals surface area contributed by atoms with Crippen molar-refractivity contribution in [1.82, 2.24) is 20.2 Å². The fourth-order valence-electron chi connectivity index (χ4n) is 1.80. The Morgan fingerprint density at radius 1 is 1.50 bits per heavy atom. The maximum atomic E-state index is 12.0. The molecule has 2 N–H and O–H groups in total. The molecule has 5 heteroatoms. The van der Waals surface area contributed by atoms with E-state index in [-0.39, 0.29) is 11.9 Å². The van der Waals surface area contributed by atoms with Crippen LogP contribution in [0.3, 0.4) is 0 Å². The van der Waals surface area contributed by atoms with Crippen molar-refractivity contribution in [3.05, 3.63) is 18.2 Å². The van der Waals surface area contributed by atoms with Gasteiger partial charge in [-0.15, -0.1) is 0 Å². The van der Waals surface area contributed by atoms with Crippen LogP contribution in [0, 0.1) is 0 Å². The fraction of sp³-hybridized carbons (Fsp3) is 0.692. The minimum absolute atomic E-state index is 0.0845. The minimum atomic E-state index is -0.197. The third-order valence-corrected chi connectivity index (χ3v) is 3.16. The largest absolute Gasteiger partial charge is 0.352 e. The molecular weight excluding hydrogens is 228 g/mol. The molecule has 1 amide bonds. The van der Waals surface area contributed by atoms with E-state index >= 15 is 0 Å². The van der Waals surface area contributed by atoms with Gasteiger partial charge < -0.3 is 15.2 Å². The van der Waals surface area contributed by atoms with Crippen molar-refractivity contribution in [3.63, 3.8) is 0 Å². The molecule has 1 fully saturated rings. The van der Waals surface area contributed by atoms with Crippen LogP contribution in [0.5, 0.6) is 0 Å². The van der Waals surface area contributed by atoms with Gasteiger partial charge in [-0.2, -0.15) is 0 Å². The number of imidazole rings is 1. The van der Waals surface area contributed by atoms with Crippen LogP contribution < -0.4 is 10.6 Å². The number of hydrogen-bond acceptors (Lipinski definition) is 3. The predicted molar refractivity (Wildman–Crippen MR) is 70.1 cm³/mol. The Labute approximate surface area is 108 Å². The first kappa shape index (κ1) is 13.1. The average Bonchev–Trinajstić information content (AvgIpc) is 3.01. The van der Waals surface area contributed by atoms with Gasteiger partial charge in [-0.1, -0.05) is 13.8 Å². The molecule has 0 aliphatic heterocycles. The van der Waals surface area contributed by atoms with Gasteiger partial charge in [0.2, 0.25) is 5.91 Å². The van der Waals surface area contributed by atoms with E-state index in [1.807, 2.05) is 17.7 Å². The SMILES string of the molecule is CC(C)NCc1cncn1C(C)C(=O)NC1CC1. The molecule has 0 bridgehead atoms. The molecule has 1 unspecified atom stereocenters. The summed E-state index contributed by atoms with van der Waals surface area (Å²) < 4.78 is 1.94. The topological polar surface area (TPSA) is 59.0 Å². The number of carbonyl (C=O) groups excluding carboxylic acids is 1. The molecule has 1 atom stereocenters. The van der Waals surface area contributed by atoms with Gasteiger partial charge in [-0.25, -0.2) is 4.98 Å². The second-order valence-electron chi connectivity index (χ2n) is 5.29. The van der Waals surface area contributed by atoms with Crippen LogP contribution in [0.2, 0.25) is 0 Å². The van der Waals surface area contributed by atoms with Gasteiger partial charge >= 0.3 is 0 Å². The van der Waals surface area contributed by atoms with Gasteiger partial charge in [0.1, 0.15) is 6.04 Å². The maximum absolute atomic E-state index is 12.0. The fourth-order valence-corrected chi connectivity index (χ4v) is 1.80. The highest BCUT2D eigenvalue weighted by Crippen LogP contribution is 2.20. The quantitative estimate of drug-likeness (QED) is 0.798. The van der Waals surface area contributed by atoms with Crippen LogP contribution in [-0.2, 0) is 11.3 Å². The van der Waals surface area contributed by atoms with Crippen LogP contribution in [0.15, 0.2) is 12.5 Å². The lowest BCUT2D eigenvalue weighted by molar-refractivity contribution is -0.124. The van der Waals surface area contributed by atoms with Gasteiger partial charge in [0.15, 0.2) is 0 Å². The van der Waals surface area contributed by atoms with E-state index in [4.69, 9.17) is 0 Å². The van der Waals surface area contributed by atoms with Crippen LogP contribution in [0.25, 0.3) is 0 Å². The summed E-state index contributed by atoms with van der Waals surface area (Å²) in [7, 11) is 0. The highest BCUT2D eigenvalue weighted by molar-refractivity contribution is 5.80. The minimum Gasteiger partial charge on any atom is -0.352 e. The smallest absolute Gasteiger partial charge is 0.243 e. The molecule has 0 radical (unpaired) electrons. The van der Waals surface area contributed by atoms with Crippen molar-refractivity contribution in [2.45, 2.75) is 58.3 Å². The standard InChI is InChI=1S/C13H22N4O/c1-9(2)15-7-12-6-14-8-17(12)10(3)13(18)16-11-4-5-11/h6,8-11,15H,4-5,7H2,1-3H3,(H,16,18). The van der Waals surface area contributed by atoms with Crippen molar-refractivity contribution < 1.29 is 4.79 Å².